The lowest BCUT2D eigenvalue weighted by atomic mass is 10.00. The molecular weight excluding hydrogens is 298 g/mol. The molecule has 0 fully saturated rings. The maximum Gasteiger partial charge on any atom is 0.414 e. The summed E-state index contributed by atoms with van der Waals surface area (Å²) in [6.07, 6.45) is 0.570. The fourth-order valence-electron chi connectivity index (χ4n) is 1.93. The third kappa shape index (κ3) is 5.88. The largest absolute Gasteiger partial charge is 0.473 e. The van der Waals surface area contributed by atoms with Gasteiger partial charge in [-0.15, -0.1) is 0 Å². The van der Waals surface area contributed by atoms with Crippen molar-refractivity contribution in [3.63, 3.8) is 0 Å². The number of carboxylic acid groups (broad SMARTS) is 2. The molecule has 0 aliphatic heterocycles. The quantitative estimate of drug-likeness (QED) is 0.662. The minimum absolute atomic E-state index is 0.218. The fraction of sp³-hybridized carbons (Fsp3) is 0.235. The van der Waals surface area contributed by atoms with Crippen molar-refractivity contribution in [1.82, 2.24) is 4.90 Å². The van der Waals surface area contributed by atoms with Crippen molar-refractivity contribution in [2.75, 3.05) is 20.6 Å². The van der Waals surface area contributed by atoms with Crippen molar-refractivity contribution >= 4 is 28.5 Å². The van der Waals surface area contributed by atoms with E-state index in [9.17, 15) is 4.79 Å². The van der Waals surface area contributed by atoms with Crippen LogP contribution >= 0.6 is 0 Å². The van der Waals surface area contributed by atoms with Crippen molar-refractivity contribution in [2.24, 2.45) is 0 Å². The summed E-state index contributed by atoms with van der Waals surface area (Å²) >= 11 is 0. The van der Waals surface area contributed by atoms with Gasteiger partial charge in [0.2, 0.25) is 0 Å². The molecule has 0 heterocycles. The molecule has 0 unspecified atom stereocenters. The van der Waals surface area contributed by atoms with E-state index in [1.54, 1.807) is 0 Å². The molecule has 2 rings (SSSR count). The lowest BCUT2D eigenvalue weighted by Crippen LogP contribution is -2.16. The second-order valence-electron chi connectivity index (χ2n) is 5.11. The minimum Gasteiger partial charge on any atom is -0.473 e. The first-order valence-corrected chi connectivity index (χ1v) is 6.95. The summed E-state index contributed by atoms with van der Waals surface area (Å²) in [7, 11) is 3.97. The van der Waals surface area contributed by atoms with Crippen molar-refractivity contribution < 1.29 is 24.6 Å². The minimum atomic E-state index is -1.82. The highest BCUT2D eigenvalue weighted by molar-refractivity contribution is 6.27. The molecule has 0 radical (unpaired) electrons. The summed E-state index contributed by atoms with van der Waals surface area (Å²) in [6, 6.07) is 13.9. The van der Waals surface area contributed by atoms with Gasteiger partial charge in [-0.2, -0.15) is 0 Å². The monoisotopic (exact) mass is 317 g/mol. The van der Waals surface area contributed by atoms with Gasteiger partial charge in [0, 0.05) is 18.5 Å². The van der Waals surface area contributed by atoms with Gasteiger partial charge < -0.3 is 15.1 Å². The first-order valence-electron chi connectivity index (χ1n) is 6.95. The Kier molecular flexibility index (Phi) is 6.89. The van der Waals surface area contributed by atoms with E-state index in [4.69, 9.17) is 19.8 Å². The van der Waals surface area contributed by atoms with E-state index in [1.165, 1.54) is 0 Å². The first kappa shape index (κ1) is 18.3. The second-order valence-corrected chi connectivity index (χ2v) is 5.11. The van der Waals surface area contributed by atoms with Crippen LogP contribution in [-0.2, 0) is 9.59 Å². The molecule has 2 aromatic rings. The SMILES string of the molecule is CN(C)CCC(=O)c1cccc2ccccc12.O=C(O)C(=O)O. The second kappa shape index (κ2) is 8.65. The van der Waals surface area contributed by atoms with E-state index in [0.717, 1.165) is 22.9 Å². The number of carbonyl (C=O) groups excluding carboxylic acids is 1. The highest BCUT2D eigenvalue weighted by Crippen LogP contribution is 2.19. The molecule has 2 N–H and O–H groups in total. The Morgan fingerprint density at radius 3 is 2.04 bits per heavy atom. The Balaban J connectivity index is 0.000000379. The normalized spacial score (nSPS) is 10.0. The van der Waals surface area contributed by atoms with E-state index in [1.807, 2.05) is 61.5 Å². The predicted molar refractivity (Wildman–Crippen MR) is 86.7 cm³/mol. The van der Waals surface area contributed by atoms with Crippen LogP contribution in [0.4, 0.5) is 0 Å². The summed E-state index contributed by atoms with van der Waals surface area (Å²) in [4.78, 5) is 32.4. The van der Waals surface area contributed by atoms with E-state index in [-0.39, 0.29) is 5.78 Å². The third-order valence-corrected chi connectivity index (χ3v) is 3.06. The molecular formula is C17H19NO5. The van der Waals surface area contributed by atoms with Gasteiger partial charge in [-0.1, -0.05) is 42.5 Å². The van der Waals surface area contributed by atoms with Crippen molar-refractivity contribution in [1.29, 1.82) is 0 Å². The van der Waals surface area contributed by atoms with E-state index >= 15 is 0 Å². The Bertz CT molecular complexity index is 692. The van der Waals surface area contributed by atoms with Gasteiger partial charge >= 0.3 is 11.9 Å². The molecule has 0 saturated carbocycles. The van der Waals surface area contributed by atoms with E-state index < -0.39 is 11.9 Å². The number of ketones is 1. The van der Waals surface area contributed by atoms with Gasteiger partial charge in [-0.05, 0) is 24.9 Å². The zero-order valence-corrected chi connectivity index (χ0v) is 13.0. The highest BCUT2D eigenvalue weighted by atomic mass is 16.4. The van der Waals surface area contributed by atoms with Crippen LogP contribution in [-0.4, -0.2) is 53.5 Å². The summed E-state index contributed by atoms with van der Waals surface area (Å²) < 4.78 is 0. The first-order chi connectivity index (χ1) is 10.8. The number of aliphatic carboxylic acids is 2. The summed E-state index contributed by atoms with van der Waals surface area (Å²) in [5.74, 6) is -3.43. The van der Waals surface area contributed by atoms with E-state index in [0.29, 0.717) is 6.42 Å². The molecule has 0 amide bonds. The van der Waals surface area contributed by atoms with E-state index in [2.05, 4.69) is 0 Å². The van der Waals surface area contributed by atoms with Crippen LogP contribution in [0.5, 0.6) is 0 Å². The standard InChI is InChI=1S/C15H17NO.C2H2O4/c1-16(2)11-10-15(17)14-9-5-7-12-6-3-4-8-13(12)14;3-1(4)2(5)6/h3-9H,10-11H2,1-2H3;(H,3,4)(H,5,6). The number of carbonyl (C=O) groups is 3. The molecule has 0 spiro atoms. The van der Waals surface area contributed by atoms with Gasteiger partial charge in [0.05, 0.1) is 0 Å². The van der Waals surface area contributed by atoms with Gasteiger partial charge in [0.1, 0.15) is 0 Å². The molecule has 2 aromatic carbocycles. The number of benzene rings is 2. The van der Waals surface area contributed by atoms with Gasteiger partial charge in [0.15, 0.2) is 5.78 Å². The molecule has 0 aliphatic rings. The molecule has 6 nitrogen and oxygen atoms in total. The Labute approximate surface area is 134 Å². The zero-order chi connectivity index (χ0) is 17.4. The maximum absolute atomic E-state index is 12.1. The Morgan fingerprint density at radius 2 is 1.48 bits per heavy atom. The summed E-state index contributed by atoms with van der Waals surface area (Å²) in [5, 5.41) is 17.0. The topological polar surface area (TPSA) is 94.9 Å². The van der Waals surface area contributed by atoms with Crippen molar-refractivity contribution in [3.05, 3.63) is 48.0 Å². The fourth-order valence-corrected chi connectivity index (χ4v) is 1.93. The number of rotatable bonds is 4. The highest BCUT2D eigenvalue weighted by Gasteiger charge is 2.09. The molecule has 0 bridgehead atoms. The Morgan fingerprint density at radius 1 is 0.913 bits per heavy atom. The summed E-state index contributed by atoms with van der Waals surface area (Å²) in [6.45, 7) is 0.794. The van der Waals surface area contributed by atoms with Crippen LogP contribution in [0.2, 0.25) is 0 Å². The zero-order valence-electron chi connectivity index (χ0n) is 13.0. The number of fused-ring (bicyclic) bond motifs is 1. The van der Waals surface area contributed by atoms with Crippen LogP contribution in [0.25, 0.3) is 10.8 Å². The summed E-state index contributed by atoms with van der Waals surface area (Å²) in [5.41, 5.74) is 0.838. The smallest absolute Gasteiger partial charge is 0.414 e. The number of hydrogen-bond acceptors (Lipinski definition) is 4. The third-order valence-electron chi connectivity index (χ3n) is 3.06. The molecule has 0 aromatic heterocycles. The van der Waals surface area contributed by atoms with Crippen LogP contribution < -0.4 is 0 Å². The van der Waals surface area contributed by atoms with Crippen LogP contribution in [0.1, 0.15) is 16.8 Å². The number of carboxylic acids is 2. The number of nitrogens with zero attached hydrogens (tertiary/aromatic N) is 1. The predicted octanol–water partition coefficient (Wildman–Crippen LogP) is 2.13. The number of hydrogen-bond donors (Lipinski definition) is 2. The van der Waals surface area contributed by atoms with Gasteiger partial charge in [-0.3, -0.25) is 4.79 Å². The average molecular weight is 317 g/mol. The average Bonchev–Trinajstić information content (AvgIpc) is 2.52. The van der Waals surface area contributed by atoms with Crippen LogP contribution in [0.3, 0.4) is 0 Å². The van der Waals surface area contributed by atoms with Crippen molar-refractivity contribution in [3.8, 4) is 0 Å². The van der Waals surface area contributed by atoms with Crippen molar-refractivity contribution in [2.45, 2.75) is 6.42 Å². The molecule has 122 valence electrons. The maximum atomic E-state index is 12.1. The Hall–Kier alpha value is -2.73. The van der Waals surface area contributed by atoms with Gasteiger partial charge in [0.25, 0.3) is 0 Å². The van der Waals surface area contributed by atoms with Crippen LogP contribution in [0.15, 0.2) is 42.5 Å². The molecule has 0 saturated heterocycles. The lowest BCUT2D eigenvalue weighted by Gasteiger charge is -2.09. The molecule has 6 heteroatoms. The van der Waals surface area contributed by atoms with Gasteiger partial charge in [-0.25, -0.2) is 9.59 Å². The van der Waals surface area contributed by atoms with Crippen LogP contribution in [0, 0.1) is 0 Å². The number of Topliss-reactive ketones (excluding diaryl/α,β-unsaturated/α-hetero) is 1. The molecule has 23 heavy (non-hydrogen) atoms. The molecule has 0 aliphatic carbocycles. The lowest BCUT2D eigenvalue weighted by molar-refractivity contribution is -0.159. The molecule has 0 atom stereocenters.